The minimum atomic E-state index is -0.490. The lowest BCUT2D eigenvalue weighted by Gasteiger charge is -2.00. The molecule has 0 fully saturated rings. The summed E-state index contributed by atoms with van der Waals surface area (Å²) in [5.74, 6) is -0.490. The number of nitrogen functional groups attached to an aromatic ring is 1. The van der Waals surface area contributed by atoms with Crippen LogP contribution in [-0.2, 0) is 4.74 Å². The zero-order chi connectivity index (χ0) is 15.6. The lowest BCUT2D eigenvalue weighted by atomic mass is 10.1. The largest absolute Gasteiger partial charge is 0.462 e. The minimum absolute atomic E-state index is 0.0379. The van der Waals surface area contributed by atoms with E-state index in [1.807, 2.05) is 0 Å². The summed E-state index contributed by atoms with van der Waals surface area (Å²) in [5.41, 5.74) is 6.69. The summed E-state index contributed by atoms with van der Waals surface area (Å²) in [7, 11) is 0. The van der Waals surface area contributed by atoms with Gasteiger partial charge in [0.1, 0.15) is 4.88 Å². The Hall–Kier alpha value is -1.93. The van der Waals surface area contributed by atoms with Crippen molar-refractivity contribution in [1.82, 2.24) is 0 Å². The third kappa shape index (κ3) is 3.40. The number of hydrogen-bond acceptors (Lipinski definition) is 6. The molecule has 1 aromatic heterocycles. The first-order valence-electron chi connectivity index (χ1n) is 5.94. The normalized spacial score (nSPS) is 10.4. The Morgan fingerprint density at radius 3 is 2.76 bits per heavy atom. The Bertz CT molecular complexity index is 714. The van der Waals surface area contributed by atoms with Crippen molar-refractivity contribution < 1.29 is 14.5 Å². The average Bonchev–Trinajstić information content (AvgIpc) is 2.80. The second kappa shape index (κ2) is 6.23. The molecule has 8 heteroatoms. The fourth-order valence-corrected chi connectivity index (χ4v) is 3.17. The summed E-state index contributed by atoms with van der Waals surface area (Å²) in [4.78, 5) is 23.1. The number of ether oxygens (including phenoxy) is 1. The van der Waals surface area contributed by atoms with Crippen LogP contribution in [0.25, 0.3) is 10.4 Å². The number of nitrogens with zero attached hydrogens (tertiary/aromatic N) is 1. The fourth-order valence-electron chi connectivity index (χ4n) is 1.73. The Morgan fingerprint density at radius 1 is 1.43 bits per heavy atom. The van der Waals surface area contributed by atoms with Crippen molar-refractivity contribution in [3.05, 3.63) is 43.7 Å². The highest BCUT2D eigenvalue weighted by atomic mass is 79.9. The first-order valence-corrected chi connectivity index (χ1v) is 7.55. The van der Waals surface area contributed by atoms with Crippen molar-refractivity contribution >= 4 is 44.6 Å². The van der Waals surface area contributed by atoms with Gasteiger partial charge in [-0.2, -0.15) is 0 Å². The molecule has 110 valence electrons. The number of nitro groups is 1. The third-order valence-electron chi connectivity index (χ3n) is 2.60. The van der Waals surface area contributed by atoms with Gasteiger partial charge in [-0.3, -0.25) is 10.1 Å². The molecule has 0 saturated heterocycles. The molecule has 0 aliphatic rings. The van der Waals surface area contributed by atoms with Crippen molar-refractivity contribution in [2.45, 2.75) is 6.92 Å². The van der Waals surface area contributed by atoms with E-state index in [0.29, 0.717) is 25.5 Å². The van der Waals surface area contributed by atoms with Gasteiger partial charge in [0, 0.05) is 21.5 Å². The molecular weight excluding hydrogens is 360 g/mol. The van der Waals surface area contributed by atoms with E-state index in [-0.39, 0.29) is 12.3 Å². The molecule has 0 amide bonds. The van der Waals surface area contributed by atoms with Crippen LogP contribution in [0.15, 0.2) is 28.7 Å². The maximum absolute atomic E-state index is 11.7. The van der Waals surface area contributed by atoms with Crippen LogP contribution in [-0.4, -0.2) is 17.5 Å². The molecule has 0 bridgehead atoms. The number of non-ortho nitro benzene ring substituents is 1. The highest BCUT2D eigenvalue weighted by Gasteiger charge is 2.18. The van der Waals surface area contributed by atoms with Gasteiger partial charge in [-0.1, -0.05) is 15.9 Å². The van der Waals surface area contributed by atoms with Gasteiger partial charge in [-0.05, 0) is 24.6 Å². The molecule has 0 radical (unpaired) electrons. The molecule has 21 heavy (non-hydrogen) atoms. The zero-order valence-electron chi connectivity index (χ0n) is 11.0. The lowest BCUT2D eigenvalue weighted by Crippen LogP contribution is -2.04. The quantitative estimate of drug-likeness (QED) is 0.500. The Morgan fingerprint density at radius 2 is 2.14 bits per heavy atom. The summed E-state index contributed by atoms with van der Waals surface area (Å²) >= 11 is 4.38. The number of rotatable bonds is 4. The molecule has 0 saturated carbocycles. The van der Waals surface area contributed by atoms with Crippen LogP contribution in [0.2, 0.25) is 0 Å². The number of thiophene rings is 1. The van der Waals surface area contributed by atoms with E-state index < -0.39 is 10.9 Å². The highest BCUT2D eigenvalue weighted by molar-refractivity contribution is 9.10. The van der Waals surface area contributed by atoms with Crippen LogP contribution in [0.1, 0.15) is 16.6 Å². The maximum atomic E-state index is 11.7. The molecule has 0 spiro atoms. The number of nitrogens with two attached hydrogens (primary N) is 1. The van der Waals surface area contributed by atoms with Crippen LogP contribution in [0.5, 0.6) is 0 Å². The molecule has 1 heterocycles. The van der Waals surface area contributed by atoms with E-state index in [2.05, 4.69) is 15.9 Å². The second-order valence-corrected chi connectivity index (χ2v) is 6.04. The summed E-state index contributed by atoms with van der Waals surface area (Å²) in [6.45, 7) is 1.97. The van der Waals surface area contributed by atoms with Crippen LogP contribution in [0.3, 0.4) is 0 Å². The Balaban J connectivity index is 2.46. The van der Waals surface area contributed by atoms with E-state index in [4.69, 9.17) is 10.5 Å². The van der Waals surface area contributed by atoms with E-state index in [0.717, 1.165) is 11.3 Å². The average molecular weight is 371 g/mol. The van der Waals surface area contributed by atoms with Gasteiger partial charge in [0.2, 0.25) is 0 Å². The number of carbonyl (C=O) groups is 1. The number of esters is 1. The molecular formula is C13H11BrN2O4S. The monoisotopic (exact) mass is 370 g/mol. The van der Waals surface area contributed by atoms with Crippen LogP contribution in [0.4, 0.5) is 11.4 Å². The summed E-state index contributed by atoms with van der Waals surface area (Å²) in [5, 5.41) is 10.9. The van der Waals surface area contributed by atoms with Crippen molar-refractivity contribution in [3.63, 3.8) is 0 Å². The lowest BCUT2D eigenvalue weighted by molar-refractivity contribution is -0.384. The van der Waals surface area contributed by atoms with Gasteiger partial charge in [-0.15, -0.1) is 11.3 Å². The van der Waals surface area contributed by atoms with Crippen molar-refractivity contribution in [1.29, 1.82) is 0 Å². The first-order chi connectivity index (χ1) is 9.92. The third-order valence-corrected chi connectivity index (χ3v) is 4.24. The molecule has 0 aliphatic heterocycles. The van der Waals surface area contributed by atoms with Gasteiger partial charge in [-0.25, -0.2) is 4.79 Å². The number of nitro benzene ring substituents is 1. The maximum Gasteiger partial charge on any atom is 0.350 e. The van der Waals surface area contributed by atoms with Crippen molar-refractivity contribution in [3.8, 4) is 10.4 Å². The number of benzene rings is 1. The molecule has 1 aromatic carbocycles. The van der Waals surface area contributed by atoms with Crippen molar-refractivity contribution in [2.24, 2.45) is 0 Å². The van der Waals surface area contributed by atoms with Gasteiger partial charge in [0.15, 0.2) is 0 Å². The number of hydrogen-bond donors (Lipinski definition) is 1. The number of halogens is 1. The van der Waals surface area contributed by atoms with Gasteiger partial charge < -0.3 is 10.5 Å². The predicted octanol–water partition coefficient (Wildman–Crippen LogP) is 3.84. The number of anilines is 1. The number of carbonyl (C=O) groups excluding carboxylic acids is 1. The van der Waals surface area contributed by atoms with Gasteiger partial charge in [0.25, 0.3) is 5.69 Å². The molecule has 2 aromatic rings. The fraction of sp³-hybridized carbons (Fsp3) is 0.154. The topological polar surface area (TPSA) is 95.5 Å². The zero-order valence-corrected chi connectivity index (χ0v) is 13.4. The molecule has 6 nitrogen and oxygen atoms in total. The van der Waals surface area contributed by atoms with Crippen LogP contribution >= 0.6 is 27.3 Å². The molecule has 2 rings (SSSR count). The van der Waals surface area contributed by atoms with E-state index in [9.17, 15) is 14.9 Å². The van der Waals surface area contributed by atoms with E-state index >= 15 is 0 Å². The smallest absolute Gasteiger partial charge is 0.350 e. The minimum Gasteiger partial charge on any atom is -0.462 e. The summed E-state index contributed by atoms with van der Waals surface area (Å²) in [6.07, 6.45) is 0. The predicted molar refractivity (Wildman–Crippen MR) is 84.5 cm³/mol. The summed E-state index contributed by atoms with van der Waals surface area (Å²) < 4.78 is 5.50. The second-order valence-electron chi connectivity index (χ2n) is 4.07. The van der Waals surface area contributed by atoms with Crippen LogP contribution in [0, 0.1) is 10.1 Å². The molecule has 0 atom stereocenters. The van der Waals surface area contributed by atoms with E-state index in [1.165, 1.54) is 12.1 Å². The highest BCUT2D eigenvalue weighted by Crippen LogP contribution is 2.36. The Labute approximate surface area is 132 Å². The molecule has 2 N–H and O–H groups in total. The first kappa shape index (κ1) is 15.5. The SMILES string of the molecule is CCOC(=O)c1sc(-c2cc(Br)cc([N+](=O)[O-])c2)cc1N. The van der Waals surface area contributed by atoms with Gasteiger partial charge >= 0.3 is 5.97 Å². The standard InChI is InChI=1S/C13H11BrN2O4S/c1-2-20-13(17)12-10(15)6-11(21-12)7-3-8(14)5-9(4-7)16(18)19/h3-6H,2,15H2,1H3. The summed E-state index contributed by atoms with van der Waals surface area (Å²) in [6, 6.07) is 6.19. The van der Waals surface area contributed by atoms with Gasteiger partial charge in [0.05, 0.1) is 17.2 Å². The van der Waals surface area contributed by atoms with E-state index in [1.54, 1.807) is 19.1 Å². The van der Waals surface area contributed by atoms with Crippen LogP contribution < -0.4 is 5.73 Å². The molecule has 0 unspecified atom stereocenters. The molecule has 0 aliphatic carbocycles. The van der Waals surface area contributed by atoms with Crippen molar-refractivity contribution in [2.75, 3.05) is 12.3 Å². The Kier molecular flexibility index (Phi) is 4.59.